The van der Waals surface area contributed by atoms with Crippen LogP contribution >= 0.6 is 0 Å². The molecule has 0 saturated heterocycles. The van der Waals surface area contributed by atoms with Crippen molar-refractivity contribution >= 4 is 12.3 Å². The van der Waals surface area contributed by atoms with E-state index in [0.29, 0.717) is 17.8 Å². The molecule has 0 atom stereocenters. The molecule has 1 rings (SSSR count). The Hall–Kier alpha value is -1.58. The number of ether oxygens (including phenoxy) is 1. The van der Waals surface area contributed by atoms with Crippen LogP contribution in [0, 0.1) is 6.92 Å². The lowest BCUT2D eigenvalue weighted by molar-refractivity contribution is 0.00624. The van der Waals surface area contributed by atoms with E-state index in [0.717, 1.165) is 17.4 Å². The predicted molar refractivity (Wildman–Crippen MR) is 65.5 cm³/mol. The predicted octanol–water partition coefficient (Wildman–Crippen LogP) is 2.65. The Morgan fingerprint density at radius 2 is 2.00 bits per heavy atom. The number of aldehydes is 1. The fourth-order valence-electron chi connectivity index (χ4n) is 1.72. The second kappa shape index (κ2) is 4.73. The molecule has 1 N–H and O–H groups in total. The number of H-pyrrole nitrogens is 1. The van der Waals surface area contributed by atoms with Crippen LogP contribution in [-0.4, -0.2) is 22.8 Å². The highest BCUT2D eigenvalue weighted by Crippen LogP contribution is 2.20. The van der Waals surface area contributed by atoms with Crippen molar-refractivity contribution in [1.82, 2.24) is 4.98 Å². The third-order valence-corrected chi connectivity index (χ3v) is 2.49. The molecule has 1 heterocycles. The molecule has 0 aromatic carbocycles. The average Bonchev–Trinajstić information content (AvgIpc) is 2.52. The number of rotatable bonds is 3. The van der Waals surface area contributed by atoms with Gasteiger partial charge in [-0.15, -0.1) is 0 Å². The van der Waals surface area contributed by atoms with Crippen molar-refractivity contribution < 1.29 is 14.3 Å². The zero-order valence-corrected chi connectivity index (χ0v) is 11.0. The maximum Gasteiger partial charge on any atom is 0.355 e. The monoisotopic (exact) mass is 237 g/mol. The minimum absolute atomic E-state index is 0.391. The van der Waals surface area contributed by atoms with Crippen molar-refractivity contribution in [3.05, 3.63) is 22.5 Å². The van der Waals surface area contributed by atoms with Crippen molar-refractivity contribution in [2.24, 2.45) is 0 Å². The minimum atomic E-state index is -0.539. The highest BCUT2D eigenvalue weighted by molar-refractivity contribution is 5.92. The maximum atomic E-state index is 12.0. The number of carbonyl (C=O) groups is 2. The summed E-state index contributed by atoms with van der Waals surface area (Å²) in [5.74, 6) is -0.412. The summed E-state index contributed by atoms with van der Waals surface area (Å²) in [7, 11) is 0. The fraction of sp³-hybridized carbons (Fsp3) is 0.538. The molecular formula is C13H19NO3. The highest BCUT2D eigenvalue weighted by Gasteiger charge is 2.23. The summed E-state index contributed by atoms with van der Waals surface area (Å²) in [4.78, 5) is 25.6. The van der Waals surface area contributed by atoms with Gasteiger partial charge in [-0.25, -0.2) is 4.79 Å². The van der Waals surface area contributed by atoms with Gasteiger partial charge in [-0.3, -0.25) is 4.79 Å². The van der Waals surface area contributed by atoms with E-state index in [-0.39, 0.29) is 0 Å². The Bertz CT molecular complexity index is 438. The first-order valence-electron chi connectivity index (χ1n) is 5.70. The topological polar surface area (TPSA) is 59.2 Å². The molecular weight excluding hydrogens is 218 g/mol. The molecule has 0 spiro atoms. The molecule has 94 valence electrons. The first-order valence-corrected chi connectivity index (χ1v) is 5.70. The van der Waals surface area contributed by atoms with Crippen molar-refractivity contribution in [1.29, 1.82) is 0 Å². The van der Waals surface area contributed by atoms with E-state index < -0.39 is 11.6 Å². The molecule has 1 aromatic heterocycles. The van der Waals surface area contributed by atoms with Crippen LogP contribution in [0.3, 0.4) is 0 Å². The van der Waals surface area contributed by atoms with E-state index in [2.05, 4.69) is 4.98 Å². The normalized spacial score (nSPS) is 11.4. The SMILES string of the molecule is CCc1c(C(=O)OC(C)(C)C)[nH]c(C=O)c1C. The largest absolute Gasteiger partial charge is 0.455 e. The Labute approximate surface area is 101 Å². The summed E-state index contributed by atoms with van der Waals surface area (Å²) in [5.41, 5.74) is 1.97. The molecule has 0 radical (unpaired) electrons. The molecule has 0 aliphatic rings. The van der Waals surface area contributed by atoms with Crippen molar-refractivity contribution in [3.63, 3.8) is 0 Å². The lowest BCUT2D eigenvalue weighted by Crippen LogP contribution is -2.24. The highest BCUT2D eigenvalue weighted by atomic mass is 16.6. The quantitative estimate of drug-likeness (QED) is 0.649. The minimum Gasteiger partial charge on any atom is -0.455 e. The number of hydrogen-bond donors (Lipinski definition) is 1. The number of esters is 1. The number of nitrogens with one attached hydrogen (secondary N) is 1. The summed E-state index contributed by atoms with van der Waals surface area (Å²) < 4.78 is 5.29. The Balaban J connectivity index is 3.13. The average molecular weight is 237 g/mol. The smallest absolute Gasteiger partial charge is 0.355 e. The second-order valence-electron chi connectivity index (χ2n) is 4.99. The standard InChI is InChI=1S/C13H19NO3/c1-6-9-8(2)10(7-15)14-11(9)12(16)17-13(3,4)5/h7,14H,6H2,1-5H3. The third kappa shape index (κ3) is 2.96. The first-order chi connectivity index (χ1) is 7.80. The zero-order chi connectivity index (χ0) is 13.2. The second-order valence-corrected chi connectivity index (χ2v) is 4.99. The van der Waals surface area contributed by atoms with Crippen LogP contribution in [-0.2, 0) is 11.2 Å². The molecule has 0 amide bonds. The number of aromatic nitrogens is 1. The third-order valence-electron chi connectivity index (χ3n) is 2.49. The van der Waals surface area contributed by atoms with Gasteiger partial charge in [-0.05, 0) is 45.2 Å². The molecule has 17 heavy (non-hydrogen) atoms. The maximum absolute atomic E-state index is 12.0. The number of aromatic amines is 1. The number of carbonyl (C=O) groups excluding carboxylic acids is 2. The summed E-state index contributed by atoms with van der Waals surface area (Å²) in [6, 6.07) is 0. The molecule has 1 aromatic rings. The molecule has 4 nitrogen and oxygen atoms in total. The molecule has 0 fully saturated rings. The number of hydrogen-bond acceptors (Lipinski definition) is 3. The lowest BCUT2D eigenvalue weighted by Gasteiger charge is -2.19. The van der Waals surface area contributed by atoms with Crippen LogP contribution in [0.25, 0.3) is 0 Å². The molecule has 0 aliphatic heterocycles. The van der Waals surface area contributed by atoms with Crippen LogP contribution in [0.4, 0.5) is 0 Å². The van der Waals surface area contributed by atoms with Gasteiger partial charge in [-0.2, -0.15) is 0 Å². The summed E-state index contributed by atoms with van der Waals surface area (Å²) in [5, 5.41) is 0. The Kier molecular flexibility index (Phi) is 3.76. The van der Waals surface area contributed by atoms with E-state index in [1.807, 2.05) is 34.6 Å². The van der Waals surface area contributed by atoms with Crippen molar-refractivity contribution in [2.45, 2.75) is 46.6 Å². The van der Waals surface area contributed by atoms with Gasteiger partial charge in [0.2, 0.25) is 0 Å². The summed E-state index contributed by atoms with van der Waals surface area (Å²) in [6.45, 7) is 9.21. The van der Waals surface area contributed by atoms with Crippen LogP contribution in [0.2, 0.25) is 0 Å². The van der Waals surface area contributed by atoms with E-state index >= 15 is 0 Å². The van der Waals surface area contributed by atoms with Gasteiger partial charge in [0, 0.05) is 0 Å². The Morgan fingerprint density at radius 1 is 1.41 bits per heavy atom. The van der Waals surface area contributed by atoms with Crippen LogP contribution < -0.4 is 0 Å². The first kappa shape index (κ1) is 13.5. The van der Waals surface area contributed by atoms with Crippen molar-refractivity contribution in [3.8, 4) is 0 Å². The lowest BCUT2D eigenvalue weighted by atomic mass is 10.1. The summed E-state index contributed by atoms with van der Waals surface area (Å²) >= 11 is 0. The van der Waals surface area contributed by atoms with Gasteiger partial charge in [0.15, 0.2) is 6.29 Å². The fourth-order valence-corrected chi connectivity index (χ4v) is 1.72. The molecule has 0 unspecified atom stereocenters. The van der Waals surface area contributed by atoms with E-state index in [4.69, 9.17) is 4.74 Å². The van der Waals surface area contributed by atoms with E-state index in [1.54, 1.807) is 0 Å². The zero-order valence-electron chi connectivity index (χ0n) is 11.0. The van der Waals surface area contributed by atoms with Crippen LogP contribution in [0.1, 0.15) is 59.8 Å². The van der Waals surface area contributed by atoms with Gasteiger partial charge in [0.05, 0.1) is 5.69 Å². The molecule has 0 bridgehead atoms. The van der Waals surface area contributed by atoms with Gasteiger partial charge in [-0.1, -0.05) is 6.92 Å². The summed E-state index contributed by atoms with van der Waals surface area (Å²) in [6.07, 6.45) is 1.41. The van der Waals surface area contributed by atoms with Crippen molar-refractivity contribution in [2.75, 3.05) is 0 Å². The van der Waals surface area contributed by atoms with Crippen LogP contribution in [0.5, 0.6) is 0 Å². The van der Waals surface area contributed by atoms with Gasteiger partial charge < -0.3 is 9.72 Å². The van der Waals surface area contributed by atoms with Gasteiger partial charge in [0.25, 0.3) is 0 Å². The molecule has 0 saturated carbocycles. The Morgan fingerprint density at radius 3 is 2.41 bits per heavy atom. The van der Waals surface area contributed by atoms with Gasteiger partial charge >= 0.3 is 5.97 Å². The molecule has 0 aliphatic carbocycles. The van der Waals surface area contributed by atoms with Gasteiger partial charge in [0.1, 0.15) is 11.3 Å². The molecule has 4 heteroatoms. The van der Waals surface area contributed by atoms with E-state index in [1.165, 1.54) is 0 Å². The van der Waals surface area contributed by atoms with Crippen LogP contribution in [0.15, 0.2) is 0 Å². The van der Waals surface area contributed by atoms with E-state index in [9.17, 15) is 9.59 Å².